The number of nitrogens with zero attached hydrogens (tertiary/aromatic N) is 2. The number of rotatable bonds is 6. The molecule has 0 bridgehead atoms. The van der Waals surface area contributed by atoms with Gasteiger partial charge in [0.05, 0.1) is 16.1 Å². The van der Waals surface area contributed by atoms with Crippen LogP contribution in [0.15, 0.2) is 40.9 Å². The number of aromatic nitrogens is 1. The molecular formula is C21H22ClN3O4. The van der Waals surface area contributed by atoms with E-state index < -0.39 is 0 Å². The van der Waals surface area contributed by atoms with Crippen LogP contribution in [0.4, 0.5) is 0 Å². The molecule has 0 spiro atoms. The summed E-state index contributed by atoms with van der Waals surface area (Å²) in [5.74, 6) is -0.702. The van der Waals surface area contributed by atoms with Gasteiger partial charge >= 0.3 is 0 Å². The first kappa shape index (κ1) is 20.7. The van der Waals surface area contributed by atoms with E-state index in [9.17, 15) is 15.0 Å². The molecule has 3 rings (SSSR count). The molecule has 7 nitrogen and oxygen atoms in total. The highest BCUT2D eigenvalue weighted by Gasteiger charge is 2.26. The van der Waals surface area contributed by atoms with Crippen LogP contribution >= 0.6 is 11.6 Å². The van der Waals surface area contributed by atoms with Gasteiger partial charge in [-0.3, -0.25) is 4.79 Å². The summed E-state index contributed by atoms with van der Waals surface area (Å²) in [4.78, 5) is 14.6. The third kappa shape index (κ3) is 4.36. The summed E-state index contributed by atoms with van der Waals surface area (Å²) in [6, 6.07) is 10.1. The second kappa shape index (κ2) is 8.55. The molecule has 0 fully saturated rings. The SMILES string of the molecule is CCNC(=O)c1noc(-c2cc(Cl)c(O)cc2O)c1-c1ccc(CN(C)C)cc1. The molecule has 0 unspecified atom stereocenters. The van der Waals surface area contributed by atoms with E-state index >= 15 is 0 Å². The second-order valence-corrected chi connectivity index (χ2v) is 7.26. The Morgan fingerprint density at radius 3 is 2.48 bits per heavy atom. The van der Waals surface area contributed by atoms with Gasteiger partial charge in [-0.15, -0.1) is 0 Å². The Morgan fingerprint density at radius 1 is 1.17 bits per heavy atom. The topological polar surface area (TPSA) is 98.8 Å². The molecule has 29 heavy (non-hydrogen) atoms. The largest absolute Gasteiger partial charge is 0.507 e. The summed E-state index contributed by atoms with van der Waals surface area (Å²) in [6.45, 7) is 3.01. The highest BCUT2D eigenvalue weighted by atomic mass is 35.5. The molecule has 1 heterocycles. The Bertz CT molecular complexity index is 1030. The first-order valence-corrected chi connectivity index (χ1v) is 9.43. The van der Waals surface area contributed by atoms with Gasteiger partial charge in [0.15, 0.2) is 11.5 Å². The minimum atomic E-state index is -0.390. The lowest BCUT2D eigenvalue weighted by atomic mass is 9.97. The highest BCUT2D eigenvalue weighted by molar-refractivity contribution is 6.32. The first-order valence-electron chi connectivity index (χ1n) is 9.05. The minimum absolute atomic E-state index is 0.0426. The number of aromatic hydroxyl groups is 2. The molecule has 0 saturated heterocycles. The number of hydrogen-bond acceptors (Lipinski definition) is 6. The smallest absolute Gasteiger partial charge is 0.274 e. The Hall–Kier alpha value is -3.03. The fourth-order valence-corrected chi connectivity index (χ4v) is 3.18. The maximum Gasteiger partial charge on any atom is 0.274 e. The van der Waals surface area contributed by atoms with Crippen LogP contribution in [0.3, 0.4) is 0 Å². The van der Waals surface area contributed by atoms with Gasteiger partial charge in [-0.25, -0.2) is 0 Å². The van der Waals surface area contributed by atoms with Crippen LogP contribution in [0.1, 0.15) is 23.0 Å². The molecule has 152 valence electrons. The number of carbonyl (C=O) groups excluding carboxylic acids is 1. The predicted octanol–water partition coefficient (Wildman–Crippen LogP) is 3.88. The van der Waals surface area contributed by atoms with Crippen molar-refractivity contribution in [1.82, 2.24) is 15.4 Å². The molecule has 2 aromatic carbocycles. The normalized spacial score (nSPS) is 11.1. The fraction of sp³-hybridized carbons (Fsp3) is 0.238. The number of phenols is 2. The second-order valence-electron chi connectivity index (χ2n) is 6.85. The summed E-state index contributed by atoms with van der Waals surface area (Å²) >= 11 is 6.02. The van der Waals surface area contributed by atoms with Crippen LogP contribution < -0.4 is 5.32 Å². The van der Waals surface area contributed by atoms with E-state index in [0.717, 1.165) is 18.2 Å². The van der Waals surface area contributed by atoms with Gasteiger partial charge in [-0.1, -0.05) is 41.0 Å². The number of benzene rings is 2. The Labute approximate surface area is 173 Å². The van der Waals surface area contributed by atoms with Crippen molar-refractivity contribution in [3.8, 4) is 33.9 Å². The van der Waals surface area contributed by atoms with Gasteiger partial charge in [0.2, 0.25) is 0 Å². The van der Waals surface area contributed by atoms with Crippen LogP contribution in [0.2, 0.25) is 5.02 Å². The van der Waals surface area contributed by atoms with E-state index in [1.165, 1.54) is 6.07 Å². The third-order valence-electron chi connectivity index (χ3n) is 4.30. The summed E-state index contributed by atoms with van der Waals surface area (Å²) < 4.78 is 5.45. The average Bonchev–Trinajstić information content (AvgIpc) is 3.10. The van der Waals surface area contributed by atoms with Gasteiger partial charge in [-0.05, 0) is 38.2 Å². The number of halogens is 1. The number of nitrogens with one attached hydrogen (secondary N) is 1. The molecule has 0 radical (unpaired) electrons. The van der Waals surface area contributed by atoms with E-state index in [-0.39, 0.29) is 39.4 Å². The van der Waals surface area contributed by atoms with E-state index in [2.05, 4.69) is 15.4 Å². The highest BCUT2D eigenvalue weighted by Crippen LogP contribution is 2.42. The van der Waals surface area contributed by atoms with E-state index in [4.69, 9.17) is 16.1 Å². The Morgan fingerprint density at radius 2 is 1.86 bits per heavy atom. The van der Waals surface area contributed by atoms with Crippen LogP contribution in [0.25, 0.3) is 22.5 Å². The summed E-state index contributed by atoms with van der Waals surface area (Å²) in [6.07, 6.45) is 0. The third-order valence-corrected chi connectivity index (χ3v) is 4.60. The molecule has 1 aromatic heterocycles. The number of carbonyl (C=O) groups is 1. The van der Waals surface area contributed by atoms with Crippen LogP contribution in [0.5, 0.6) is 11.5 Å². The van der Waals surface area contributed by atoms with Crippen molar-refractivity contribution in [2.75, 3.05) is 20.6 Å². The molecule has 0 atom stereocenters. The monoisotopic (exact) mass is 415 g/mol. The lowest BCUT2D eigenvalue weighted by Gasteiger charge is -2.11. The summed E-state index contributed by atoms with van der Waals surface area (Å²) in [7, 11) is 3.97. The zero-order valence-corrected chi connectivity index (χ0v) is 17.1. The fourth-order valence-electron chi connectivity index (χ4n) is 3.02. The average molecular weight is 416 g/mol. The number of hydrogen-bond donors (Lipinski definition) is 3. The van der Waals surface area contributed by atoms with E-state index in [1.54, 1.807) is 6.92 Å². The molecule has 0 aliphatic carbocycles. The van der Waals surface area contributed by atoms with Crippen molar-refractivity contribution in [3.05, 3.63) is 52.7 Å². The van der Waals surface area contributed by atoms with Crippen LogP contribution in [-0.4, -0.2) is 46.8 Å². The van der Waals surface area contributed by atoms with E-state index in [1.807, 2.05) is 38.4 Å². The lowest BCUT2D eigenvalue weighted by molar-refractivity contribution is 0.0947. The lowest BCUT2D eigenvalue weighted by Crippen LogP contribution is -2.23. The molecule has 3 aromatic rings. The molecule has 3 N–H and O–H groups in total. The standard InChI is InChI=1S/C21H22ClN3O4/c1-4-23-21(28)19-18(13-7-5-12(6-8-13)11-25(2)3)20(29-24-19)14-9-15(22)17(27)10-16(14)26/h5-10,26-27H,4,11H2,1-3H3,(H,23,28). The molecule has 1 amide bonds. The zero-order chi connectivity index (χ0) is 21.1. The summed E-state index contributed by atoms with van der Waals surface area (Å²) in [5.41, 5.74) is 2.57. The van der Waals surface area contributed by atoms with Gasteiger partial charge in [0.1, 0.15) is 11.5 Å². The zero-order valence-electron chi connectivity index (χ0n) is 16.4. The quantitative estimate of drug-likeness (QED) is 0.565. The maximum atomic E-state index is 12.5. The Balaban J connectivity index is 2.16. The predicted molar refractivity (Wildman–Crippen MR) is 111 cm³/mol. The van der Waals surface area contributed by atoms with Crippen molar-refractivity contribution in [3.63, 3.8) is 0 Å². The van der Waals surface area contributed by atoms with Crippen molar-refractivity contribution >= 4 is 17.5 Å². The van der Waals surface area contributed by atoms with Crippen molar-refractivity contribution in [2.24, 2.45) is 0 Å². The van der Waals surface area contributed by atoms with Crippen LogP contribution in [-0.2, 0) is 6.54 Å². The van der Waals surface area contributed by atoms with Crippen molar-refractivity contribution in [1.29, 1.82) is 0 Å². The minimum Gasteiger partial charge on any atom is -0.507 e. The molecule has 0 saturated carbocycles. The van der Waals surface area contributed by atoms with Gasteiger partial charge in [-0.2, -0.15) is 0 Å². The number of phenolic OH excluding ortho intramolecular Hbond substituents is 2. The maximum absolute atomic E-state index is 12.5. The van der Waals surface area contributed by atoms with Gasteiger partial charge < -0.3 is 25.0 Å². The van der Waals surface area contributed by atoms with Gasteiger partial charge in [0, 0.05) is 19.2 Å². The first-order chi connectivity index (χ1) is 13.8. The molecule has 0 aliphatic rings. The summed E-state index contributed by atoms with van der Waals surface area (Å²) in [5, 5.41) is 26.7. The van der Waals surface area contributed by atoms with Crippen LogP contribution in [0, 0.1) is 0 Å². The van der Waals surface area contributed by atoms with Crippen molar-refractivity contribution in [2.45, 2.75) is 13.5 Å². The van der Waals surface area contributed by atoms with E-state index in [0.29, 0.717) is 17.7 Å². The molecule has 0 aliphatic heterocycles. The van der Waals surface area contributed by atoms with Gasteiger partial charge in [0.25, 0.3) is 5.91 Å². The number of amides is 1. The van der Waals surface area contributed by atoms with Crippen molar-refractivity contribution < 1.29 is 19.5 Å². The molecular weight excluding hydrogens is 394 g/mol. The molecule has 8 heteroatoms. The Kier molecular flexibility index (Phi) is 6.10.